The maximum Gasteiger partial charge on any atom is 0.164 e. The van der Waals surface area contributed by atoms with Crippen LogP contribution < -0.4 is 0 Å². The highest BCUT2D eigenvalue weighted by Gasteiger charge is 2.50. The van der Waals surface area contributed by atoms with Gasteiger partial charge in [-0.15, -0.1) is 0 Å². The van der Waals surface area contributed by atoms with Crippen LogP contribution in [0.15, 0.2) is 178 Å². The molecule has 1 aliphatic heterocycles. The number of benzene rings is 7. The van der Waals surface area contributed by atoms with Crippen LogP contribution in [0.25, 0.3) is 67.2 Å². The molecule has 51 heavy (non-hydrogen) atoms. The lowest BCUT2D eigenvalue weighted by Crippen LogP contribution is -2.31. The van der Waals surface area contributed by atoms with Crippen LogP contribution in [0.3, 0.4) is 0 Å². The first-order valence-corrected chi connectivity index (χ1v) is 17.9. The number of aromatic nitrogens is 3. The minimum absolute atomic E-state index is 0.455. The Morgan fingerprint density at radius 3 is 1.61 bits per heavy atom. The molecule has 0 atom stereocenters. The van der Waals surface area contributed by atoms with Gasteiger partial charge in [0, 0.05) is 37.3 Å². The molecule has 1 aliphatic carbocycles. The molecule has 2 aliphatic rings. The Bertz CT molecular complexity index is 2740. The highest BCUT2D eigenvalue weighted by Crippen LogP contribution is 2.63. The number of fused-ring (bicyclic) bond motifs is 13. The molecular formula is C46H27N3OS. The molecule has 0 N–H and O–H groups in total. The minimum atomic E-state index is -0.455. The third kappa shape index (κ3) is 4.07. The van der Waals surface area contributed by atoms with Crippen LogP contribution in [0, 0.1) is 0 Å². The second kappa shape index (κ2) is 10.8. The van der Waals surface area contributed by atoms with Gasteiger partial charge in [0.1, 0.15) is 11.2 Å². The van der Waals surface area contributed by atoms with Crippen molar-refractivity contribution in [1.82, 2.24) is 15.0 Å². The number of hydrogen-bond acceptors (Lipinski definition) is 5. The zero-order valence-corrected chi connectivity index (χ0v) is 28.1. The molecule has 0 bridgehead atoms. The van der Waals surface area contributed by atoms with Crippen molar-refractivity contribution in [2.45, 2.75) is 15.2 Å². The van der Waals surface area contributed by atoms with Gasteiger partial charge >= 0.3 is 0 Å². The number of rotatable bonds is 3. The van der Waals surface area contributed by atoms with E-state index in [1.807, 2.05) is 72.4 Å². The Kier molecular flexibility index (Phi) is 6.07. The maximum absolute atomic E-state index is 6.61. The molecule has 1 spiro atoms. The van der Waals surface area contributed by atoms with E-state index in [9.17, 15) is 0 Å². The van der Waals surface area contributed by atoms with Crippen molar-refractivity contribution < 1.29 is 4.42 Å². The van der Waals surface area contributed by atoms with E-state index in [1.54, 1.807) is 0 Å². The standard InChI is InChI=1S/C46H27N3OS/c1-3-13-28(14-4-1)43-47-44(29-15-5-2-6-16-29)49-45(48-43)30-23-25-38-33(27-30)41-39(50-38)26-24-37-42(41)51-40-22-12-11-21-36(40)46(37)34-19-9-7-17-31(34)32-18-8-10-20-35(32)46/h1-27H. The van der Waals surface area contributed by atoms with Gasteiger partial charge in [0.25, 0.3) is 0 Å². The summed E-state index contributed by atoms with van der Waals surface area (Å²) in [5.74, 6) is 1.90. The third-order valence-electron chi connectivity index (χ3n) is 10.4. The van der Waals surface area contributed by atoms with E-state index < -0.39 is 5.41 Å². The van der Waals surface area contributed by atoms with Crippen LogP contribution in [0.1, 0.15) is 22.3 Å². The molecule has 3 heterocycles. The molecule has 0 radical (unpaired) electrons. The maximum atomic E-state index is 6.61. The molecule has 238 valence electrons. The SMILES string of the molecule is c1ccc(-c2nc(-c3ccccc3)nc(-c3ccc4oc5ccc6c(c5c4c3)Sc3ccccc3C63c4ccccc4-c4ccccc43)n2)cc1. The van der Waals surface area contributed by atoms with E-state index in [1.165, 1.54) is 43.2 Å². The zero-order valence-electron chi connectivity index (χ0n) is 27.2. The van der Waals surface area contributed by atoms with Crippen LogP contribution in [0.4, 0.5) is 0 Å². The van der Waals surface area contributed by atoms with Gasteiger partial charge in [-0.1, -0.05) is 145 Å². The molecule has 0 saturated carbocycles. The number of nitrogens with zero attached hydrogens (tertiary/aromatic N) is 3. The highest BCUT2D eigenvalue weighted by atomic mass is 32.2. The van der Waals surface area contributed by atoms with Gasteiger partial charge < -0.3 is 4.42 Å². The van der Waals surface area contributed by atoms with E-state index in [2.05, 4.69) is 103 Å². The van der Waals surface area contributed by atoms with E-state index >= 15 is 0 Å². The molecule has 0 unspecified atom stereocenters. The van der Waals surface area contributed by atoms with Crippen molar-refractivity contribution in [2.75, 3.05) is 0 Å². The molecule has 7 aromatic carbocycles. The Labute approximate surface area is 298 Å². The summed E-state index contributed by atoms with van der Waals surface area (Å²) in [6, 6.07) is 57.7. The lowest BCUT2D eigenvalue weighted by Gasteiger charge is -2.39. The summed E-state index contributed by atoms with van der Waals surface area (Å²) in [6.07, 6.45) is 0. The molecule has 2 aromatic heterocycles. The highest BCUT2D eigenvalue weighted by molar-refractivity contribution is 7.99. The molecule has 0 saturated heterocycles. The predicted octanol–water partition coefficient (Wildman–Crippen LogP) is 11.6. The largest absolute Gasteiger partial charge is 0.456 e. The normalized spacial score (nSPS) is 13.6. The van der Waals surface area contributed by atoms with Crippen molar-refractivity contribution in [3.8, 4) is 45.3 Å². The molecule has 5 heteroatoms. The van der Waals surface area contributed by atoms with E-state index in [0.717, 1.165) is 38.6 Å². The second-order valence-electron chi connectivity index (χ2n) is 13.1. The Morgan fingerprint density at radius 1 is 0.431 bits per heavy atom. The second-order valence-corrected chi connectivity index (χ2v) is 14.2. The van der Waals surface area contributed by atoms with Gasteiger partial charge in [0.05, 0.1) is 5.41 Å². The zero-order chi connectivity index (χ0) is 33.5. The van der Waals surface area contributed by atoms with Gasteiger partial charge in [0.15, 0.2) is 17.5 Å². The smallest absolute Gasteiger partial charge is 0.164 e. The molecule has 0 amide bonds. The van der Waals surface area contributed by atoms with Crippen LogP contribution >= 0.6 is 11.8 Å². The van der Waals surface area contributed by atoms with Crippen molar-refractivity contribution in [2.24, 2.45) is 0 Å². The monoisotopic (exact) mass is 669 g/mol. The lowest BCUT2D eigenvalue weighted by molar-refractivity contribution is 0.666. The van der Waals surface area contributed by atoms with Gasteiger partial charge in [0.2, 0.25) is 0 Å². The van der Waals surface area contributed by atoms with E-state index in [0.29, 0.717) is 17.5 Å². The Hall–Kier alpha value is -6.30. The van der Waals surface area contributed by atoms with Crippen molar-refractivity contribution in [3.63, 3.8) is 0 Å². The van der Waals surface area contributed by atoms with Gasteiger partial charge in [-0.05, 0) is 63.7 Å². The summed E-state index contributed by atoms with van der Waals surface area (Å²) in [7, 11) is 0. The fourth-order valence-electron chi connectivity index (χ4n) is 8.25. The Balaban J connectivity index is 1.18. The molecular weight excluding hydrogens is 643 g/mol. The average molecular weight is 670 g/mol. The molecule has 9 aromatic rings. The molecule has 0 fully saturated rings. The van der Waals surface area contributed by atoms with E-state index in [-0.39, 0.29) is 0 Å². The summed E-state index contributed by atoms with van der Waals surface area (Å²) in [5, 5.41) is 2.16. The fraction of sp³-hybridized carbons (Fsp3) is 0.0217. The fourth-order valence-corrected chi connectivity index (χ4v) is 9.59. The quantitative estimate of drug-likeness (QED) is 0.187. The van der Waals surface area contributed by atoms with Crippen LogP contribution in [0.5, 0.6) is 0 Å². The number of furan rings is 1. The average Bonchev–Trinajstić information content (AvgIpc) is 3.73. The summed E-state index contributed by atoms with van der Waals surface area (Å²) < 4.78 is 6.61. The van der Waals surface area contributed by atoms with Gasteiger partial charge in [-0.25, -0.2) is 15.0 Å². The molecule has 4 nitrogen and oxygen atoms in total. The summed E-state index contributed by atoms with van der Waals surface area (Å²) in [4.78, 5) is 17.5. The van der Waals surface area contributed by atoms with Gasteiger partial charge in [-0.2, -0.15) is 0 Å². The first-order valence-electron chi connectivity index (χ1n) is 17.1. The number of hydrogen-bond donors (Lipinski definition) is 0. The summed E-state index contributed by atoms with van der Waals surface area (Å²) in [6.45, 7) is 0. The topological polar surface area (TPSA) is 51.8 Å². The Morgan fingerprint density at radius 2 is 0.961 bits per heavy atom. The van der Waals surface area contributed by atoms with E-state index in [4.69, 9.17) is 19.4 Å². The minimum Gasteiger partial charge on any atom is -0.456 e. The molecule has 11 rings (SSSR count). The first kappa shape index (κ1) is 28.5. The third-order valence-corrected chi connectivity index (χ3v) is 11.6. The first-order chi connectivity index (χ1) is 25.3. The predicted molar refractivity (Wildman–Crippen MR) is 205 cm³/mol. The van der Waals surface area contributed by atoms with Crippen LogP contribution in [0.2, 0.25) is 0 Å². The van der Waals surface area contributed by atoms with Crippen LogP contribution in [-0.4, -0.2) is 15.0 Å². The summed E-state index contributed by atoms with van der Waals surface area (Å²) >= 11 is 1.84. The lowest BCUT2D eigenvalue weighted by atomic mass is 9.67. The van der Waals surface area contributed by atoms with Crippen LogP contribution in [-0.2, 0) is 5.41 Å². The van der Waals surface area contributed by atoms with Gasteiger partial charge in [-0.3, -0.25) is 0 Å². The van der Waals surface area contributed by atoms with Crippen molar-refractivity contribution in [3.05, 3.63) is 186 Å². The van der Waals surface area contributed by atoms with Crippen molar-refractivity contribution in [1.29, 1.82) is 0 Å². The van der Waals surface area contributed by atoms with Crippen molar-refractivity contribution >= 4 is 33.7 Å². The summed E-state index contributed by atoms with van der Waals surface area (Å²) in [5.41, 5.74) is 11.9.